The van der Waals surface area contributed by atoms with Crippen molar-refractivity contribution in [2.45, 2.75) is 5.03 Å². The van der Waals surface area contributed by atoms with Crippen molar-refractivity contribution in [2.75, 3.05) is 20.0 Å². The molecule has 0 saturated heterocycles. The molecule has 1 aromatic carbocycles. The number of methoxy groups -OCH3 is 2. The molecule has 2 heterocycles. The van der Waals surface area contributed by atoms with Crippen molar-refractivity contribution in [1.82, 2.24) is 25.4 Å². The minimum atomic E-state index is -0.252. The van der Waals surface area contributed by atoms with Gasteiger partial charge in [-0.2, -0.15) is 5.10 Å². The number of nitrogens with zero attached hydrogens (tertiary/aromatic N) is 4. The molecule has 2 N–H and O–H groups in total. The van der Waals surface area contributed by atoms with E-state index >= 15 is 0 Å². The Kier molecular flexibility index (Phi) is 5.64. The number of ether oxygens (including phenoxy) is 2. The molecule has 1 amide bonds. The van der Waals surface area contributed by atoms with Crippen LogP contribution in [0.25, 0.3) is 11.2 Å². The van der Waals surface area contributed by atoms with E-state index < -0.39 is 0 Å². The van der Waals surface area contributed by atoms with E-state index in [4.69, 9.17) is 9.47 Å². The number of rotatable bonds is 7. The Morgan fingerprint density at radius 1 is 1.27 bits per heavy atom. The highest BCUT2D eigenvalue weighted by Crippen LogP contribution is 2.26. The maximum Gasteiger partial charge on any atom is 0.250 e. The fourth-order valence-electron chi connectivity index (χ4n) is 2.13. The van der Waals surface area contributed by atoms with Crippen molar-refractivity contribution >= 4 is 35.0 Å². The first-order valence-electron chi connectivity index (χ1n) is 7.52. The number of nitrogens with one attached hydrogen (secondary N) is 2. The molecule has 10 heteroatoms. The summed E-state index contributed by atoms with van der Waals surface area (Å²) in [6.45, 7) is 0. The number of hydrazone groups is 1. The Balaban J connectivity index is 1.55. The predicted molar refractivity (Wildman–Crippen MR) is 97.7 cm³/mol. The second-order valence-electron chi connectivity index (χ2n) is 4.98. The van der Waals surface area contributed by atoms with Gasteiger partial charge in [0.25, 0.3) is 0 Å². The maximum atomic E-state index is 11.9. The largest absolute Gasteiger partial charge is 0.493 e. The second kappa shape index (κ2) is 8.30. The van der Waals surface area contributed by atoms with Crippen molar-refractivity contribution in [2.24, 2.45) is 5.10 Å². The van der Waals surface area contributed by atoms with Crippen molar-refractivity contribution in [1.29, 1.82) is 0 Å². The summed E-state index contributed by atoms with van der Waals surface area (Å²) >= 11 is 1.28. The highest BCUT2D eigenvalue weighted by Gasteiger charge is 2.09. The topological polar surface area (TPSA) is 114 Å². The molecule has 9 nitrogen and oxygen atoms in total. The Bertz CT molecular complexity index is 943. The first-order valence-corrected chi connectivity index (χ1v) is 8.50. The molecular weight excluding hydrogens is 356 g/mol. The monoisotopic (exact) mass is 372 g/mol. The number of fused-ring (bicyclic) bond motifs is 1. The number of carbonyl (C=O) groups excluding carboxylic acids is 1. The van der Waals surface area contributed by atoms with E-state index in [1.54, 1.807) is 26.4 Å². The minimum Gasteiger partial charge on any atom is -0.493 e. The number of imidazole rings is 1. The van der Waals surface area contributed by atoms with E-state index in [2.05, 4.69) is 30.5 Å². The molecular formula is C16H16N6O3S. The molecule has 134 valence electrons. The van der Waals surface area contributed by atoms with Gasteiger partial charge in [-0.05, 0) is 23.8 Å². The van der Waals surface area contributed by atoms with Gasteiger partial charge in [0.15, 0.2) is 17.1 Å². The van der Waals surface area contributed by atoms with Crippen LogP contribution in [0.2, 0.25) is 0 Å². The fraction of sp³-hybridized carbons (Fsp3) is 0.188. The highest BCUT2D eigenvalue weighted by molar-refractivity contribution is 8.00. The third-order valence-corrected chi connectivity index (χ3v) is 4.33. The standard InChI is InChI=1S/C16H16N6O3S/c1-24-11-4-3-10(5-12(11)25-2)6-21-22-13(23)7-26-16-14-15(18-8-17-14)19-9-20-16/h3-6,8-9H,7H2,1-2H3,(H,22,23)(H,17,18,19,20). The summed E-state index contributed by atoms with van der Waals surface area (Å²) in [6.07, 6.45) is 4.48. The quantitative estimate of drug-likeness (QED) is 0.280. The molecule has 26 heavy (non-hydrogen) atoms. The van der Waals surface area contributed by atoms with Crippen molar-refractivity contribution in [3.63, 3.8) is 0 Å². The Hall–Kier alpha value is -3.14. The molecule has 2 aromatic heterocycles. The van der Waals surface area contributed by atoms with Crippen molar-refractivity contribution in [3.05, 3.63) is 36.4 Å². The summed E-state index contributed by atoms with van der Waals surface area (Å²) in [5.74, 6) is 1.12. The number of aromatic nitrogens is 4. The average molecular weight is 372 g/mol. The van der Waals surface area contributed by atoms with Crippen LogP contribution in [0.5, 0.6) is 11.5 Å². The van der Waals surface area contributed by atoms with Gasteiger partial charge < -0.3 is 14.5 Å². The third-order valence-electron chi connectivity index (χ3n) is 3.34. The molecule has 0 aliphatic carbocycles. The van der Waals surface area contributed by atoms with Crippen molar-refractivity contribution < 1.29 is 14.3 Å². The molecule has 0 radical (unpaired) electrons. The van der Waals surface area contributed by atoms with Crippen LogP contribution >= 0.6 is 11.8 Å². The summed E-state index contributed by atoms with van der Waals surface area (Å²) in [4.78, 5) is 27.1. The molecule has 0 spiro atoms. The van der Waals surface area contributed by atoms with Gasteiger partial charge in [-0.1, -0.05) is 11.8 Å². The fourth-order valence-corrected chi connectivity index (χ4v) is 2.88. The normalized spacial score (nSPS) is 11.0. The molecule has 0 aliphatic heterocycles. The molecule has 0 atom stereocenters. The van der Waals surface area contributed by atoms with Gasteiger partial charge in [0.05, 0.1) is 32.5 Å². The van der Waals surface area contributed by atoms with Gasteiger partial charge in [0.1, 0.15) is 16.9 Å². The van der Waals surface area contributed by atoms with Crippen LogP contribution in [0.3, 0.4) is 0 Å². The van der Waals surface area contributed by atoms with Gasteiger partial charge >= 0.3 is 0 Å². The van der Waals surface area contributed by atoms with E-state index in [1.165, 1.54) is 30.6 Å². The van der Waals surface area contributed by atoms with Crippen LogP contribution in [-0.4, -0.2) is 52.0 Å². The summed E-state index contributed by atoms with van der Waals surface area (Å²) in [5.41, 5.74) is 4.52. The highest BCUT2D eigenvalue weighted by atomic mass is 32.2. The van der Waals surface area contributed by atoms with E-state index in [-0.39, 0.29) is 11.7 Å². The minimum absolute atomic E-state index is 0.161. The van der Waals surface area contributed by atoms with Gasteiger partial charge in [-0.15, -0.1) is 0 Å². The summed E-state index contributed by atoms with van der Waals surface area (Å²) < 4.78 is 10.4. The van der Waals surface area contributed by atoms with Crippen LogP contribution in [0, 0.1) is 0 Å². The van der Waals surface area contributed by atoms with Gasteiger partial charge in [0.2, 0.25) is 5.91 Å². The first-order chi connectivity index (χ1) is 12.7. The summed E-state index contributed by atoms with van der Waals surface area (Å²) in [7, 11) is 3.12. The molecule has 3 aromatic rings. The Morgan fingerprint density at radius 2 is 2.12 bits per heavy atom. The lowest BCUT2D eigenvalue weighted by Crippen LogP contribution is -2.19. The number of amides is 1. The summed E-state index contributed by atoms with van der Waals surface area (Å²) in [6, 6.07) is 5.34. The number of thioether (sulfide) groups is 1. The number of hydrogen-bond donors (Lipinski definition) is 2. The van der Waals surface area contributed by atoms with Gasteiger partial charge in [-0.3, -0.25) is 4.79 Å². The smallest absolute Gasteiger partial charge is 0.250 e. The van der Waals surface area contributed by atoms with Gasteiger partial charge in [-0.25, -0.2) is 20.4 Å². The SMILES string of the molecule is COc1ccc(C=NNC(=O)CSc2ncnc3nc[nH]c23)cc1OC. The average Bonchev–Trinajstić information content (AvgIpc) is 3.15. The van der Waals surface area contributed by atoms with E-state index in [9.17, 15) is 4.79 Å². The Labute approximate surface area is 153 Å². The number of aromatic amines is 1. The van der Waals surface area contributed by atoms with E-state index in [0.29, 0.717) is 27.7 Å². The molecule has 3 rings (SSSR count). The van der Waals surface area contributed by atoms with Crippen LogP contribution in [-0.2, 0) is 4.79 Å². The van der Waals surface area contributed by atoms with Crippen LogP contribution in [0.1, 0.15) is 5.56 Å². The van der Waals surface area contributed by atoms with Gasteiger partial charge in [0, 0.05) is 0 Å². The summed E-state index contributed by atoms with van der Waals surface area (Å²) in [5, 5.41) is 4.61. The predicted octanol–water partition coefficient (Wildman–Crippen LogP) is 1.61. The number of hydrogen-bond acceptors (Lipinski definition) is 8. The maximum absolute atomic E-state index is 11.9. The van der Waals surface area contributed by atoms with E-state index in [0.717, 1.165) is 5.56 Å². The van der Waals surface area contributed by atoms with Crippen LogP contribution in [0.4, 0.5) is 0 Å². The molecule has 0 fully saturated rings. The zero-order valence-corrected chi connectivity index (χ0v) is 14.9. The van der Waals surface area contributed by atoms with Crippen LogP contribution in [0.15, 0.2) is 41.0 Å². The second-order valence-corrected chi connectivity index (χ2v) is 5.94. The van der Waals surface area contributed by atoms with E-state index in [1.807, 2.05) is 6.07 Å². The Morgan fingerprint density at radius 3 is 2.92 bits per heavy atom. The lowest BCUT2D eigenvalue weighted by molar-refractivity contribution is -0.118. The lowest BCUT2D eigenvalue weighted by Gasteiger charge is -2.07. The molecule has 0 saturated carbocycles. The molecule has 0 bridgehead atoms. The number of benzene rings is 1. The number of H-pyrrole nitrogens is 1. The van der Waals surface area contributed by atoms with Crippen LogP contribution < -0.4 is 14.9 Å². The molecule has 0 unspecified atom stereocenters. The zero-order chi connectivity index (χ0) is 18.4. The zero-order valence-electron chi connectivity index (χ0n) is 14.1. The van der Waals surface area contributed by atoms with Crippen molar-refractivity contribution in [3.8, 4) is 11.5 Å². The lowest BCUT2D eigenvalue weighted by atomic mass is 10.2. The number of carbonyl (C=O) groups is 1. The third kappa shape index (κ3) is 4.09. The molecule has 0 aliphatic rings. The first kappa shape index (κ1) is 17.7.